The summed E-state index contributed by atoms with van der Waals surface area (Å²) in [5.74, 6) is -0.640. The molecule has 1 aromatic rings. The number of rotatable bonds is 4. The van der Waals surface area contributed by atoms with Crippen molar-refractivity contribution in [3.05, 3.63) is 29.8 Å². The lowest BCUT2D eigenvalue weighted by atomic mass is 10.1. The zero-order valence-corrected chi connectivity index (χ0v) is 15.4. The van der Waals surface area contributed by atoms with Gasteiger partial charge in [0, 0.05) is 31.2 Å². The highest BCUT2D eigenvalue weighted by Gasteiger charge is 2.41. The Hall–Kier alpha value is -2.40. The van der Waals surface area contributed by atoms with Crippen LogP contribution in [-0.2, 0) is 19.4 Å². The number of carbonyl (C=O) groups excluding carboxylic acids is 2. The number of nitriles is 1. The van der Waals surface area contributed by atoms with Crippen molar-refractivity contribution in [2.24, 2.45) is 5.92 Å². The third-order valence-electron chi connectivity index (χ3n) is 5.06. The molecule has 2 amide bonds. The van der Waals surface area contributed by atoms with Gasteiger partial charge in [-0.25, -0.2) is 8.42 Å². The standard InChI is InChI=1S/C18H21N3O4S/c1-2-20(16-7-8-26(24,25)12-16)18(23)14-9-17(22)21(11-14)15-5-3-13(10-19)4-6-15/h3-6,14,16H,2,7-9,11-12H2,1H3. The molecule has 2 fully saturated rings. The van der Waals surface area contributed by atoms with Crippen molar-refractivity contribution in [3.63, 3.8) is 0 Å². The molecule has 26 heavy (non-hydrogen) atoms. The molecule has 0 aromatic heterocycles. The summed E-state index contributed by atoms with van der Waals surface area (Å²) in [6, 6.07) is 8.41. The molecule has 2 unspecified atom stereocenters. The number of carbonyl (C=O) groups is 2. The van der Waals surface area contributed by atoms with Crippen LogP contribution < -0.4 is 4.90 Å². The van der Waals surface area contributed by atoms with Crippen molar-refractivity contribution in [1.82, 2.24) is 4.90 Å². The normalized spacial score (nSPS) is 24.5. The molecule has 2 aliphatic rings. The van der Waals surface area contributed by atoms with Gasteiger partial charge in [0.1, 0.15) is 0 Å². The molecule has 0 bridgehead atoms. The van der Waals surface area contributed by atoms with Crippen LogP contribution in [0.3, 0.4) is 0 Å². The molecule has 3 rings (SSSR count). The van der Waals surface area contributed by atoms with Gasteiger partial charge in [-0.2, -0.15) is 5.26 Å². The van der Waals surface area contributed by atoms with Gasteiger partial charge in [-0.15, -0.1) is 0 Å². The van der Waals surface area contributed by atoms with Gasteiger partial charge in [-0.05, 0) is 37.6 Å². The number of sulfone groups is 1. The van der Waals surface area contributed by atoms with E-state index in [-0.39, 0.29) is 42.3 Å². The highest BCUT2D eigenvalue weighted by molar-refractivity contribution is 7.91. The number of hydrogen-bond donors (Lipinski definition) is 0. The predicted octanol–water partition coefficient (Wildman–Crippen LogP) is 0.947. The molecule has 0 N–H and O–H groups in total. The fourth-order valence-corrected chi connectivity index (χ4v) is 5.42. The Balaban J connectivity index is 1.72. The van der Waals surface area contributed by atoms with E-state index in [1.54, 1.807) is 34.1 Å². The minimum absolute atomic E-state index is 0.00653. The molecular weight excluding hydrogens is 354 g/mol. The fourth-order valence-electron chi connectivity index (χ4n) is 3.69. The predicted molar refractivity (Wildman–Crippen MR) is 96.1 cm³/mol. The molecule has 2 aliphatic heterocycles. The number of benzene rings is 1. The second kappa shape index (κ2) is 7.08. The lowest BCUT2D eigenvalue weighted by Gasteiger charge is -2.29. The number of nitrogens with zero attached hydrogens (tertiary/aromatic N) is 3. The van der Waals surface area contributed by atoms with Gasteiger partial charge in [0.2, 0.25) is 11.8 Å². The topological polar surface area (TPSA) is 98.5 Å². The van der Waals surface area contributed by atoms with Crippen molar-refractivity contribution in [1.29, 1.82) is 5.26 Å². The maximum atomic E-state index is 12.9. The van der Waals surface area contributed by atoms with Crippen LogP contribution in [0.5, 0.6) is 0 Å². The molecule has 2 atom stereocenters. The molecule has 8 heteroatoms. The van der Waals surface area contributed by atoms with E-state index in [4.69, 9.17) is 5.26 Å². The molecule has 1 aromatic carbocycles. The largest absolute Gasteiger partial charge is 0.339 e. The second-order valence-corrected chi connectivity index (χ2v) is 8.97. The fraction of sp³-hybridized carbons (Fsp3) is 0.500. The van der Waals surface area contributed by atoms with E-state index in [0.29, 0.717) is 24.2 Å². The summed E-state index contributed by atoms with van der Waals surface area (Å²) >= 11 is 0. The van der Waals surface area contributed by atoms with Gasteiger partial charge in [0.15, 0.2) is 9.84 Å². The molecule has 138 valence electrons. The van der Waals surface area contributed by atoms with Gasteiger partial charge < -0.3 is 9.80 Å². The van der Waals surface area contributed by atoms with E-state index < -0.39 is 15.8 Å². The zero-order valence-electron chi connectivity index (χ0n) is 14.6. The Morgan fingerprint density at radius 1 is 1.35 bits per heavy atom. The van der Waals surface area contributed by atoms with Crippen molar-refractivity contribution in [2.75, 3.05) is 29.5 Å². The smallest absolute Gasteiger partial charge is 0.228 e. The number of anilines is 1. The van der Waals surface area contributed by atoms with Crippen molar-refractivity contribution in [2.45, 2.75) is 25.8 Å². The van der Waals surface area contributed by atoms with Crippen LogP contribution in [0.4, 0.5) is 5.69 Å². The monoisotopic (exact) mass is 375 g/mol. The van der Waals surface area contributed by atoms with Crippen LogP contribution in [0.2, 0.25) is 0 Å². The summed E-state index contributed by atoms with van der Waals surface area (Å²) in [5.41, 5.74) is 1.17. The zero-order chi connectivity index (χ0) is 18.9. The van der Waals surface area contributed by atoms with Gasteiger partial charge >= 0.3 is 0 Å². The Kier molecular flexibility index (Phi) is 5.01. The van der Waals surface area contributed by atoms with Crippen LogP contribution >= 0.6 is 0 Å². The van der Waals surface area contributed by atoms with Crippen LogP contribution in [0.15, 0.2) is 24.3 Å². The first kappa shape index (κ1) is 18.4. The summed E-state index contributed by atoms with van der Waals surface area (Å²) in [7, 11) is -3.08. The Morgan fingerprint density at radius 2 is 2.04 bits per heavy atom. The first-order chi connectivity index (χ1) is 12.3. The van der Waals surface area contributed by atoms with Crippen molar-refractivity contribution >= 4 is 27.3 Å². The quantitative estimate of drug-likeness (QED) is 0.780. The van der Waals surface area contributed by atoms with Gasteiger partial charge in [-0.3, -0.25) is 9.59 Å². The van der Waals surface area contributed by atoms with Crippen molar-refractivity contribution in [3.8, 4) is 6.07 Å². The first-order valence-corrected chi connectivity index (χ1v) is 10.5. The summed E-state index contributed by atoms with van der Waals surface area (Å²) in [6.45, 7) is 2.54. The second-order valence-electron chi connectivity index (χ2n) is 6.75. The third kappa shape index (κ3) is 3.58. The van der Waals surface area contributed by atoms with Crippen LogP contribution in [0.25, 0.3) is 0 Å². The average molecular weight is 375 g/mol. The van der Waals surface area contributed by atoms with Crippen LogP contribution in [0.1, 0.15) is 25.3 Å². The van der Waals surface area contributed by atoms with Crippen molar-refractivity contribution < 1.29 is 18.0 Å². The first-order valence-electron chi connectivity index (χ1n) is 8.66. The minimum Gasteiger partial charge on any atom is -0.339 e. The number of amides is 2. The molecule has 0 radical (unpaired) electrons. The molecule has 0 aliphatic carbocycles. The Morgan fingerprint density at radius 3 is 2.58 bits per heavy atom. The molecule has 2 heterocycles. The molecule has 0 spiro atoms. The number of hydrogen-bond acceptors (Lipinski definition) is 5. The summed E-state index contributed by atoms with van der Waals surface area (Å²) in [6.07, 6.45) is 0.580. The maximum Gasteiger partial charge on any atom is 0.228 e. The van der Waals surface area contributed by atoms with E-state index in [9.17, 15) is 18.0 Å². The SMILES string of the molecule is CCN(C(=O)C1CC(=O)N(c2ccc(C#N)cc2)C1)C1CCS(=O)(=O)C1. The van der Waals surface area contributed by atoms with E-state index in [1.807, 2.05) is 13.0 Å². The van der Waals surface area contributed by atoms with E-state index in [1.165, 1.54) is 0 Å². The minimum atomic E-state index is -3.08. The van der Waals surface area contributed by atoms with Gasteiger partial charge in [0.05, 0.1) is 29.1 Å². The highest BCUT2D eigenvalue weighted by Crippen LogP contribution is 2.28. The van der Waals surface area contributed by atoms with E-state index >= 15 is 0 Å². The summed E-state index contributed by atoms with van der Waals surface area (Å²) < 4.78 is 23.4. The lowest BCUT2D eigenvalue weighted by molar-refractivity contribution is -0.137. The third-order valence-corrected chi connectivity index (χ3v) is 6.81. The average Bonchev–Trinajstić information content (AvgIpc) is 3.18. The van der Waals surface area contributed by atoms with E-state index in [2.05, 4.69) is 0 Å². The highest BCUT2D eigenvalue weighted by atomic mass is 32.2. The maximum absolute atomic E-state index is 12.9. The lowest BCUT2D eigenvalue weighted by Crippen LogP contribution is -2.44. The van der Waals surface area contributed by atoms with Gasteiger partial charge in [0.25, 0.3) is 0 Å². The van der Waals surface area contributed by atoms with Gasteiger partial charge in [-0.1, -0.05) is 0 Å². The molecule has 7 nitrogen and oxygen atoms in total. The molecule has 2 saturated heterocycles. The molecular formula is C18H21N3O4S. The molecule has 0 saturated carbocycles. The summed E-state index contributed by atoms with van der Waals surface area (Å²) in [5, 5.41) is 8.87. The van der Waals surface area contributed by atoms with Crippen LogP contribution in [0, 0.1) is 17.2 Å². The Labute approximate surface area is 153 Å². The Bertz CT molecular complexity index is 857. The summed E-state index contributed by atoms with van der Waals surface area (Å²) in [4.78, 5) is 28.5. The van der Waals surface area contributed by atoms with E-state index in [0.717, 1.165) is 0 Å². The van der Waals surface area contributed by atoms with Crippen LogP contribution in [-0.4, -0.2) is 55.8 Å².